The molecule has 2 N–H and O–H groups in total. The number of nitrogens with zero attached hydrogens (tertiary/aromatic N) is 3. The molecule has 0 radical (unpaired) electrons. The summed E-state index contributed by atoms with van der Waals surface area (Å²) in [4.78, 5) is 15.9. The van der Waals surface area contributed by atoms with Crippen LogP contribution in [0.4, 0.5) is 5.69 Å². The van der Waals surface area contributed by atoms with Crippen molar-refractivity contribution in [1.29, 1.82) is 0 Å². The fraction of sp³-hybridized carbons (Fsp3) is 0.515. The van der Waals surface area contributed by atoms with Crippen molar-refractivity contribution >= 4 is 31.6 Å². The van der Waals surface area contributed by atoms with Crippen molar-refractivity contribution in [2.24, 2.45) is 5.92 Å². The molecule has 0 bridgehead atoms. The van der Waals surface area contributed by atoms with Crippen LogP contribution in [0.5, 0.6) is 5.75 Å². The highest BCUT2D eigenvalue weighted by molar-refractivity contribution is 7.92. The molecular weight excluding hydrogens is 661 g/mol. The Labute approximate surface area is 283 Å². The number of nitrogens with one attached hydrogen (secondary N) is 1. The van der Waals surface area contributed by atoms with Crippen molar-refractivity contribution in [3.05, 3.63) is 65.5 Å². The largest absolute Gasteiger partial charge is 0.490 e. The van der Waals surface area contributed by atoms with E-state index in [0.29, 0.717) is 19.4 Å². The molecule has 4 rings (SSSR count). The van der Waals surface area contributed by atoms with E-state index in [1.165, 1.54) is 34.5 Å². The molecule has 13 nitrogen and oxygen atoms in total. The van der Waals surface area contributed by atoms with Crippen molar-refractivity contribution in [1.82, 2.24) is 14.4 Å². The van der Waals surface area contributed by atoms with Crippen LogP contribution >= 0.6 is 0 Å². The molecule has 1 amide bonds. The number of hydrogen-bond donors (Lipinski definition) is 2. The number of likely N-dealkylation sites (N-methyl/N-ethyl adjacent to an activating group) is 1. The maximum Gasteiger partial charge on any atom is 0.261 e. The number of carbonyl (C=O) groups excluding carboxylic acids is 1. The normalized spacial score (nSPS) is 20.9. The summed E-state index contributed by atoms with van der Waals surface area (Å²) in [6, 6.07) is 11.8. The average molecular weight is 707 g/mol. The third-order valence-electron chi connectivity index (χ3n) is 8.43. The number of aryl methyl sites for hydroxylation is 2. The van der Waals surface area contributed by atoms with Crippen LogP contribution in [0.25, 0.3) is 0 Å². The maximum atomic E-state index is 14.4. The van der Waals surface area contributed by atoms with E-state index in [0.717, 1.165) is 6.42 Å². The van der Waals surface area contributed by atoms with Gasteiger partial charge in [0.05, 0.1) is 35.3 Å². The highest BCUT2D eigenvalue weighted by Gasteiger charge is 2.34. The fourth-order valence-electron chi connectivity index (χ4n) is 5.61. The van der Waals surface area contributed by atoms with Crippen molar-refractivity contribution in [2.75, 3.05) is 38.1 Å². The first-order valence-corrected chi connectivity index (χ1v) is 18.9. The number of ether oxygens (including phenoxy) is 2. The summed E-state index contributed by atoms with van der Waals surface area (Å²) in [6.45, 7) is 8.66. The second-order valence-electron chi connectivity index (χ2n) is 12.4. The van der Waals surface area contributed by atoms with Gasteiger partial charge in [-0.3, -0.25) is 9.52 Å². The summed E-state index contributed by atoms with van der Waals surface area (Å²) < 4.78 is 74.7. The number of aliphatic hydroxyl groups is 1. The minimum absolute atomic E-state index is 0.00791. The summed E-state index contributed by atoms with van der Waals surface area (Å²) in [5.41, 5.74) is 0.545. The third kappa shape index (κ3) is 8.74. The molecule has 264 valence electrons. The number of fused-ring (bicyclic) bond motifs is 1. The topological polar surface area (TPSA) is 169 Å². The number of aromatic nitrogens is 1. The van der Waals surface area contributed by atoms with Crippen molar-refractivity contribution < 1.29 is 40.7 Å². The zero-order valence-corrected chi connectivity index (χ0v) is 29.9. The Morgan fingerprint density at radius 3 is 2.44 bits per heavy atom. The molecule has 1 aliphatic rings. The lowest BCUT2D eigenvalue weighted by Crippen LogP contribution is -2.48. The number of aliphatic hydroxyl groups excluding tert-OH is 1. The first-order valence-electron chi connectivity index (χ1n) is 16.0. The Morgan fingerprint density at radius 1 is 1.08 bits per heavy atom. The Hall–Kier alpha value is -3.50. The summed E-state index contributed by atoms with van der Waals surface area (Å²) in [5, 5.41) is 14.0. The maximum absolute atomic E-state index is 14.4. The number of rotatable bonds is 9. The minimum atomic E-state index is -3.97. The lowest BCUT2D eigenvalue weighted by molar-refractivity contribution is -0.00835. The van der Waals surface area contributed by atoms with E-state index in [4.69, 9.17) is 14.0 Å². The summed E-state index contributed by atoms with van der Waals surface area (Å²) in [7, 11) is -6.45. The molecule has 4 atom stereocenters. The number of benzene rings is 2. The number of amides is 1. The molecule has 0 unspecified atom stereocenters. The van der Waals surface area contributed by atoms with Crippen LogP contribution in [0.3, 0.4) is 0 Å². The van der Waals surface area contributed by atoms with Crippen LogP contribution in [-0.4, -0.2) is 93.8 Å². The van der Waals surface area contributed by atoms with Crippen LogP contribution in [0, 0.1) is 19.8 Å². The number of hydrogen-bond acceptors (Lipinski definition) is 10. The molecular formula is C33H46N4O9S2. The Morgan fingerprint density at radius 2 is 1.79 bits per heavy atom. The lowest BCUT2D eigenvalue weighted by Gasteiger charge is -2.35. The van der Waals surface area contributed by atoms with Gasteiger partial charge in [-0.05, 0) is 77.3 Å². The van der Waals surface area contributed by atoms with Crippen LogP contribution in [0.1, 0.15) is 61.8 Å². The zero-order chi connectivity index (χ0) is 35.2. The first-order chi connectivity index (χ1) is 22.6. The predicted molar refractivity (Wildman–Crippen MR) is 180 cm³/mol. The quantitative estimate of drug-likeness (QED) is 0.329. The van der Waals surface area contributed by atoms with Crippen LogP contribution in [0.15, 0.2) is 62.8 Å². The molecule has 0 saturated carbocycles. The standard InChI is InChI=1S/C33H46N4O9S2/c1-22-19-37(23(2)21-38)33(39)29-18-27(35-47(40,41)28-13-8-7-9-14-28)15-16-30(29)45-24(3)12-10-11-17-44-31(22)20-36(6)48(42,43)32-25(4)34-46-26(32)5/h7-9,13-16,18,22-24,31,35,38H,10-12,17,19-21H2,1-6H3/t22-,23+,24-,31-/m1/s1. The molecule has 48 heavy (non-hydrogen) atoms. The molecule has 1 aliphatic heterocycles. The van der Waals surface area contributed by atoms with E-state index in [1.807, 2.05) is 13.8 Å². The SMILES string of the molecule is Cc1noc(C)c1S(=O)(=O)N(C)C[C@H]1OCCCC[C@@H](C)Oc2ccc(NS(=O)(=O)c3ccccc3)cc2C(=O)N([C@@H](C)CO)C[C@H]1C. The van der Waals surface area contributed by atoms with Gasteiger partial charge >= 0.3 is 0 Å². The monoisotopic (exact) mass is 706 g/mol. The summed E-state index contributed by atoms with van der Waals surface area (Å²) >= 11 is 0. The van der Waals surface area contributed by atoms with Crippen LogP contribution < -0.4 is 9.46 Å². The van der Waals surface area contributed by atoms with E-state index >= 15 is 0 Å². The Bertz CT molecular complexity index is 1740. The fourth-order valence-corrected chi connectivity index (χ4v) is 8.15. The van der Waals surface area contributed by atoms with E-state index in [2.05, 4.69) is 9.88 Å². The van der Waals surface area contributed by atoms with E-state index in [-0.39, 0.29) is 64.0 Å². The van der Waals surface area contributed by atoms with Crippen molar-refractivity contribution in [3.63, 3.8) is 0 Å². The highest BCUT2D eigenvalue weighted by atomic mass is 32.2. The number of anilines is 1. The van der Waals surface area contributed by atoms with E-state index < -0.39 is 44.0 Å². The van der Waals surface area contributed by atoms with Gasteiger partial charge in [-0.2, -0.15) is 4.31 Å². The van der Waals surface area contributed by atoms with E-state index in [1.54, 1.807) is 51.1 Å². The van der Waals surface area contributed by atoms with Gasteiger partial charge in [0.25, 0.3) is 15.9 Å². The van der Waals surface area contributed by atoms with Gasteiger partial charge in [0.1, 0.15) is 16.3 Å². The predicted octanol–water partition coefficient (Wildman–Crippen LogP) is 4.21. The third-order valence-corrected chi connectivity index (χ3v) is 11.9. The minimum Gasteiger partial charge on any atom is -0.490 e. The molecule has 0 aliphatic carbocycles. The molecule has 3 aromatic rings. The molecule has 1 aromatic heterocycles. The van der Waals surface area contributed by atoms with Gasteiger partial charge in [0.15, 0.2) is 5.76 Å². The number of carbonyl (C=O) groups is 1. The molecule has 0 saturated heterocycles. The van der Waals surface area contributed by atoms with Crippen molar-refractivity contribution in [2.45, 2.75) is 81.9 Å². The Kier molecular flexibility index (Phi) is 12.3. The van der Waals surface area contributed by atoms with Gasteiger partial charge < -0.3 is 24.0 Å². The van der Waals surface area contributed by atoms with Crippen LogP contribution in [-0.2, 0) is 24.8 Å². The van der Waals surface area contributed by atoms with Gasteiger partial charge in [0.2, 0.25) is 10.0 Å². The molecule has 2 aromatic carbocycles. The zero-order valence-electron chi connectivity index (χ0n) is 28.2. The van der Waals surface area contributed by atoms with Crippen molar-refractivity contribution in [3.8, 4) is 5.75 Å². The molecule has 0 fully saturated rings. The van der Waals surface area contributed by atoms with Gasteiger partial charge in [-0.25, -0.2) is 16.8 Å². The molecule has 0 spiro atoms. The lowest BCUT2D eigenvalue weighted by atomic mass is 10.0. The molecule has 15 heteroatoms. The van der Waals surface area contributed by atoms with Gasteiger partial charge in [0, 0.05) is 38.3 Å². The second-order valence-corrected chi connectivity index (χ2v) is 16.0. The summed E-state index contributed by atoms with van der Waals surface area (Å²) in [5.74, 6) is -0.406. The molecule has 2 heterocycles. The average Bonchev–Trinajstić information content (AvgIpc) is 3.40. The smallest absolute Gasteiger partial charge is 0.261 e. The van der Waals surface area contributed by atoms with Crippen LogP contribution in [0.2, 0.25) is 0 Å². The summed E-state index contributed by atoms with van der Waals surface area (Å²) in [6.07, 6.45) is 1.19. The Balaban J connectivity index is 1.69. The highest BCUT2D eigenvalue weighted by Crippen LogP contribution is 2.30. The van der Waals surface area contributed by atoms with Gasteiger partial charge in [-0.1, -0.05) is 30.3 Å². The van der Waals surface area contributed by atoms with E-state index in [9.17, 15) is 26.7 Å². The van der Waals surface area contributed by atoms with Gasteiger partial charge in [-0.15, -0.1) is 0 Å². The first kappa shape index (κ1) is 37.3. The number of sulfonamides is 2. The second kappa shape index (κ2) is 15.8.